The molecular formula is C13H18F3N3O. The maximum absolute atomic E-state index is 12.6. The van der Waals surface area contributed by atoms with Crippen LogP contribution in [0, 0.1) is 0 Å². The molecule has 1 saturated carbocycles. The molecule has 1 aliphatic rings. The Morgan fingerprint density at radius 3 is 2.40 bits per heavy atom. The van der Waals surface area contributed by atoms with Gasteiger partial charge in [-0.3, -0.25) is 9.48 Å². The van der Waals surface area contributed by atoms with Crippen LogP contribution in [-0.2, 0) is 13.2 Å². The molecule has 1 N–H and O–H groups in total. The third kappa shape index (κ3) is 3.52. The van der Waals surface area contributed by atoms with Crippen LogP contribution < -0.4 is 5.32 Å². The van der Waals surface area contributed by atoms with Crippen LogP contribution in [-0.4, -0.2) is 21.7 Å². The molecule has 4 nitrogen and oxygen atoms in total. The third-order valence-corrected chi connectivity index (χ3v) is 3.59. The van der Waals surface area contributed by atoms with Gasteiger partial charge in [-0.25, -0.2) is 0 Å². The average molecular weight is 289 g/mol. The largest absolute Gasteiger partial charge is 0.433 e. The highest BCUT2D eigenvalue weighted by atomic mass is 19.4. The molecule has 0 saturated heterocycles. The highest BCUT2D eigenvalue weighted by molar-refractivity contribution is 5.92. The van der Waals surface area contributed by atoms with E-state index in [1.807, 2.05) is 0 Å². The van der Waals surface area contributed by atoms with Crippen LogP contribution in [0.2, 0.25) is 0 Å². The van der Waals surface area contributed by atoms with E-state index >= 15 is 0 Å². The fraction of sp³-hybridized carbons (Fsp3) is 0.692. The minimum atomic E-state index is -4.50. The van der Waals surface area contributed by atoms with E-state index in [4.69, 9.17) is 0 Å². The van der Waals surface area contributed by atoms with Gasteiger partial charge >= 0.3 is 6.18 Å². The van der Waals surface area contributed by atoms with Gasteiger partial charge in [0.2, 0.25) is 0 Å². The maximum Gasteiger partial charge on any atom is 0.433 e. The lowest BCUT2D eigenvalue weighted by Gasteiger charge is -2.14. The predicted molar refractivity (Wildman–Crippen MR) is 67.2 cm³/mol. The van der Waals surface area contributed by atoms with E-state index in [1.54, 1.807) is 0 Å². The number of halogens is 3. The minimum Gasteiger partial charge on any atom is -0.348 e. The molecule has 2 rings (SSSR count). The Bertz CT molecular complexity index is 474. The van der Waals surface area contributed by atoms with Crippen molar-refractivity contribution >= 4 is 5.91 Å². The van der Waals surface area contributed by atoms with Crippen molar-refractivity contribution in [2.24, 2.45) is 7.05 Å². The zero-order valence-electron chi connectivity index (χ0n) is 11.3. The first-order valence-corrected chi connectivity index (χ1v) is 6.80. The Hall–Kier alpha value is -1.53. The number of alkyl halides is 3. The summed E-state index contributed by atoms with van der Waals surface area (Å²) in [4.78, 5) is 12.0. The van der Waals surface area contributed by atoms with Crippen LogP contribution in [0.5, 0.6) is 0 Å². The number of aromatic nitrogens is 2. The van der Waals surface area contributed by atoms with Crippen molar-refractivity contribution in [1.29, 1.82) is 0 Å². The molecule has 112 valence electrons. The third-order valence-electron chi connectivity index (χ3n) is 3.59. The van der Waals surface area contributed by atoms with Crippen molar-refractivity contribution in [3.63, 3.8) is 0 Å². The monoisotopic (exact) mass is 289 g/mol. The molecule has 1 fully saturated rings. The van der Waals surface area contributed by atoms with E-state index in [1.165, 1.54) is 7.05 Å². The summed E-state index contributed by atoms with van der Waals surface area (Å²) in [7, 11) is 1.19. The number of carbonyl (C=O) groups is 1. The first kappa shape index (κ1) is 14.9. The fourth-order valence-electron chi connectivity index (χ4n) is 2.53. The number of aryl methyl sites for hydroxylation is 1. The van der Waals surface area contributed by atoms with Crippen molar-refractivity contribution < 1.29 is 18.0 Å². The van der Waals surface area contributed by atoms with E-state index in [-0.39, 0.29) is 11.7 Å². The molecule has 1 amide bonds. The minimum absolute atomic E-state index is 0.0429. The molecule has 0 radical (unpaired) electrons. The quantitative estimate of drug-likeness (QED) is 0.851. The van der Waals surface area contributed by atoms with Gasteiger partial charge in [0.25, 0.3) is 5.91 Å². The van der Waals surface area contributed by atoms with E-state index in [0.717, 1.165) is 44.6 Å². The summed E-state index contributed by atoms with van der Waals surface area (Å²) in [5, 5.41) is 6.44. The summed E-state index contributed by atoms with van der Waals surface area (Å²) < 4.78 is 38.6. The highest BCUT2D eigenvalue weighted by Gasteiger charge is 2.35. The van der Waals surface area contributed by atoms with Crippen molar-refractivity contribution in [3.05, 3.63) is 17.5 Å². The van der Waals surface area contributed by atoms with E-state index in [2.05, 4.69) is 10.4 Å². The number of hydrogen-bond donors (Lipinski definition) is 1. The zero-order chi connectivity index (χ0) is 14.8. The van der Waals surface area contributed by atoms with E-state index in [9.17, 15) is 18.0 Å². The van der Waals surface area contributed by atoms with Crippen LogP contribution in [0.4, 0.5) is 13.2 Å². The van der Waals surface area contributed by atoms with Crippen LogP contribution in [0.15, 0.2) is 6.07 Å². The number of carbonyl (C=O) groups excluding carboxylic acids is 1. The molecule has 0 spiro atoms. The van der Waals surface area contributed by atoms with Gasteiger partial charge in [0.1, 0.15) is 5.69 Å². The molecule has 0 aromatic carbocycles. The normalized spacial score (nSPS) is 17.8. The van der Waals surface area contributed by atoms with Gasteiger partial charge in [-0.2, -0.15) is 18.3 Å². The number of hydrogen-bond acceptors (Lipinski definition) is 2. The standard InChI is InChI=1S/C13H18F3N3O/c1-19-11(13(14,15)16)8-10(18-19)12(20)17-9-6-4-2-3-5-7-9/h8-9H,2-7H2,1H3,(H,17,20). The molecule has 0 bridgehead atoms. The van der Waals surface area contributed by atoms with Crippen LogP contribution in [0.3, 0.4) is 0 Å². The van der Waals surface area contributed by atoms with Crippen molar-refractivity contribution in [2.45, 2.75) is 50.7 Å². The SMILES string of the molecule is Cn1nc(C(=O)NC2CCCCCC2)cc1C(F)(F)F. The smallest absolute Gasteiger partial charge is 0.348 e. The van der Waals surface area contributed by atoms with Crippen LogP contribution in [0.25, 0.3) is 0 Å². The molecule has 7 heteroatoms. The van der Waals surface area contributed by atoms with Crippen molar-refractivity contribution in [1.82, 2.24) is 15.1 Å². The van der Waals surface area contributed by atoms with E-state index in [0.29, 0.717) is 4.68 Å². The van der Waals surface area contributed by atoms with Gasteiger partial charge in [-0.05, 0) is 12.8 Å². The average Bonchev–Trinajstić information content (AvgIpc) is 2.58. The Balaban J connectivity index is 2.05. The maximum atomic E-state index is 12.6. The van der Waals surface area contributed by atoms with E-state index < -0.39 is 17.8 Å². The summed E-state index contributed by atoms with van der Waals surface area (Å²) in [6.07, 6.45) is 1.64. The van der Waals surface area contributed by atoms with Crippen LogP contribution >= 0.6 is 0 Å². The molecular weight excluding hydrogens is 271 g/mol. The molecule has 0 atom stereocenters. The number of nitrogens with one attached hydrogen (secondary N) is 1. The molecule has 1 aromatic rings. The summed E-state index contributed by atoms with van der Waals surface area (Å²) in [5.74, 6) is -0.525. The molecule has 1 heterocycles. The second-order valence-corrected chi connectivity index (χ2v) is 5.20. The van der Waals surface area contributed by atoms with Gasteiger partial charge in [0.15, 0.2) is 5.69 Å². The van der Waals surface area contributed by atoms with Crippen molar-refractivity contribution in [3.8, 4) is 0 Å². The lowest BCUT2D eigenvalue weighted by atomic mass is 10.1. The zero-order valence-corrected chi connectivity index (χ0v) is 11.3. The van der Waals surface area contributed by atoms with Gasteiger partial charge in [0, 0.05) is 19.2 Å². The number of nitrogens with zero attached hydrogens (tertiary/aromatic N) is 2. The predicted octanol–water partition coefficient (Wildman–Crippen LogP) is 2.89. The fourth-order valence-corrected chi connectivity index (χ4v) is 2.53. The second-order valence-electron chi connectivity index (χ2n) is 5.20. The lowest BCUT2D eigenvalue weighted by Crippen LogP contribution is -2.34. The number of rotatable bonds is 2. The molecule has 1 aliphatic carbocycles. The summed E-state index contributed by atoms with van der Waals surface area (Å²) >= 11 is 0. The topological polar surface area (TPSA) is 46.9 Å². The molecule has 20 heavy (non-hydrogen) atoms. The lowest BCUT2D eigenvalue weighted by molar-refractivity contribution is -0.143. The van der Waals surface area contributed by atoms with Gasteiger partial charge < -0.3 is 5.32 Å². The summed E-state index contributed by atoms with van der Waals surface area (Å²) in [6, 6.07) is 0.841. The summed E-state index contributed by atoms with van der Waals surface area (Å²) in [6.45, 7) is 0. The molecule has 0 aliphatic heterocycles. The molecule has 0 unspecified atom stereocenters. The van der Waals surface area contributed by atoms with Gasteiger partial charge in [0.05, 0.1) is 0 Å². The van der Waals surface area contributed by atoms with Crippen molar-refractivity contribution in [2.75, 3.05) is 0 Å². The Labute approximate surface area is 115 Å². The van der Waals surface area contributed by atoms with Crippen LogP contribution in [0.1, 0.15) is 54.7 Å². The highest BCUT2D eigenvalue weighted by Crippen LogP contribution is 2.29. The first-order valence-electron chi connectivity index (χ1n) is 6.80. The Morgan fingerprint density at radius 2 is 1.90 bits per heavy atom. The van der Waals surface area contributed by atoms with Gasteiger partial charge in [-0.1, -0.05) is 25.7 Å². The second kappa shape index (κ2) is 5.85. The Morgan fingerprint density at radius 1 is 1.30 bits per heavy atom. The van der Waals surface area contributed by atoms with Gasteiger partial charge in [-0.15, -0.1) is 0 Å². The summed E-state index contributed by atoms with van der Waals surface area (Å²) in [5.41, 5.74) is -1.09. The number of amides is 1. The molecule has 1 aromatic heterocycles. The Kier molecular flexibility index (Phi) is 4.35. The first-order chi connectivity index (χ1) is 9.38.